The molecule has 0 aromatic heterocycles. The van der Waals surface area contributed by atoms with Gasteiger partial charge in [0, 0.05) is 25.8 Å². The van der Waals surface area contributed by atoms with Gasteiger partial charge < -0.3 is 10.2 Å². The fraction of sp³-hybridized carbons (Fsp3) is 0.538. The summed E-state index contributed by atoms with van der Waals surface area (Å²) in [6, 6.07) is 6.19. The molecular weight excluding hydrogens is 220 g/mol. The molecule has 1 fully saturated rings. The zero-order valence-corrected chi connectivity index (χ0v) is 10.7. The minimum absolute atomic E-state index is 0.849. The molecule has 3 heteroatoms. The first-order chi connectivity index (χ1) is 7.70. The van der Waals surface area contributed by atoms with Crippen molar-refractivity contribution in [2.75, 3.05) is 30.4 Å². The summed E-state index contributed by atoms with van der Waals surface area (Å²) in [5.41, 5.74) is 2.24. The van der Waals surface area contributed by atoms with E-state index < -0.39 is 0 Å². The Balaban J connectivity index is 2.14. The summed E-state index contributed by atoms with van der Waals surface area (Å²) in [4.78, 5) is 2.39. The minimum atomic E-state index is 0.849. The lowest BCUT2D eigenvalue weighted by Crippen LogP contribution is -2.32. The summed E-state index contributed by atoms with van der Waals surface area (Å²) < 4.78 is 0. The standard InChI is InChI=1S/C13H19ClN2/c1-10-5-7-16(8-6-10)13-4-3-11(15-2)9-12(13)14/h3-4,9-10,15H,5-8H2,1-2H3. The highest BCUT2D eigenvalue weighted by molar-refractivity contribution is 6.33. The van der Waals surface area contributed by atoms with Crippen molar-refractivity contribution in [1.82, 2.24) is 0 Å². The highest BCUT2D eigenvalue weighted by atomic mass is 35.5. The van der Waals surface area contributed by atoms with Crippen LogP contribution in [0.25, 0.3) is 0 Å². The van der Waals surface area contributed by atoms with Gasteiger partial charge in [-0.05, 0) is 37.0 Å². The molecule has 2 nitrogen and oxygen atoms in total. The van der Waals surface area contributed by atoms with E-state index in [4.69, 9.17) is 11.6 Å². The number of rotatable bonds is 2. The summed E-state index contributed by atoms with van der Waals surface area (Å²) >= 11 is 6.30. The highest BCUT2D eigenvalue weighted by Crippen LogP contribution is 2.31. The predicted octanol–water partition coefficient (Wildman–Crippen LogP) is 3.62. The Morgan fingerprint density at radius 3 is 2.56 bits per heavy atom. The van der Waals surface area contributed by atoms with Gasteiger partial charge >= 0.3 is 0 Å². The average Bonchev–Trinajstić information content (AvgIpc) is 2.30. The lowest BCUT2D eigenvalue weighted by atomic mass is 9.99. The van der Waals surface area contributed by atoms with Gasteiger partial charge in [0.05, 0.1) is 10.7 Å². The molecule has 16 heavy (non-hydrogen) atoms. The van der Waals surface area contributed by atoms with Gasteiger partial charge in [0.25, 0.3) is 0 Å². The summed E-state index contributed by atoms with van der Waals surface area (Å²) in [6.07, 6.45) is 2.54. The van der Waals surface area contributed by atoms with E-state index in [1.165, 1.54) is 18.5 Å². The van der Waals surface area contributed by atoms with Crippen molar-refractivity contribution < 1.29 is 0 Å². The largest absolute Gasteiger partial charge is 0.388 e. The van der Waals surface area contributed by atoms with Crippen LogP contribution in [-0.2, 0) is 0 Å². The molecule has 0 bridgehead atoms. The van der Waals surface area contributed by atoms with E-state index in [0.717, 1.165) is 29.7 Å². The molecule has 1 saturated heterocycles. The summed E-state index contributed by atoms with van der Waals surface area (Å²) in [5, 5.41) is 3.95. The maximum Gasteiger partial charge on any atom is 0.0660 e. The van der Waals surface area contributed by atoms with E-state index in [1.54, 1.807) is 0 Å². The molecule has 0 aliphatic carbocycles. The maximum absolute atomic E-state index is 6.30. The molecule has 0 amide bonds. The Labute approximate surface area is 103 Å². The molecule has 2 rings (SSSR count). The Morgan fingerprint density at radius 1 is 1.31 bits per heavy atom. The third-order valence-electron chi connectivity index (χ3n) is 3.36. The van der Waals surface area contributed by atoms with E-state index >= 15 is 0 Å². The van der Waals surface area contributed by atoms with Gasteiger partial charge in [-0.2, -0.15) is 0 Å². The highest BCUT2D eigenvalue weighted by Gasteiger charge is 2.17. The van der Waals surface area contributed by atoms with Gasteiger partial charge in [-0.1, -0.05) is 18.5 Å². The van der Waals surface area contributed by atoms with E-state index in [9.17, 15) is 0 Å². The zero-order valence-electron chi connectivity index (χ0n) is 9.96. The summed E-state index contributed by atoms with van der Waals surface area (Å²) in [7, 11) is 1.91. The van der Waals surface area contributed by atoms with Crippen molar-refractivity contribution >= 4 is 23.0 Å². The quantitative estimate of drug-likeness (QED) is 0.847. The van der Waals surface area contributed by atoms with E-state index in [2.05, 4.69) is 29.3 Å². The van der Waals surface area contributed by atoms with Crippen molar-refractivity contribution in [3.05, 3.63) is 23.2 Å². The molecule has 1 aliphatic heterocycles. The Bertz CT molecular complexity index is 357. The van der Waals surface area contributed by atoms with Gasteiger partial charge in [-0.3, -0.25) is 0 Å². The number of nitrogens with one attached hydrogen (secondary N) is 1. The fourth-order valence-corrected chi connectivity index (χ4v) is 2.47. The smallest absolute Gasteiger partial charge is 0.0660 e. The summed E-state index contributed by atoms with van der Waals surface area (Å²) in [6.45, 7) is 4.57. The molecule has 0 radical (unpaired) electrons. The zero-order chi connectivity index (χ0) is 11.5. The number of hydrogen-bond acceptors (Lipinski definition) is 2. The second-order valence-electron chi connectivity index (χ2n) is 4.59. The molecule has 1 aromatic rings. The Morgan fingerprint density at radius 2 is 2.00 bits per heavy atom. The number of hydrogen-bond donors (Lipinski definition) is 1. The molecule has 88 valence electrons. The van der Waals surface area contributed by atoms with Crippen molar-refractivity contribution in [2.45, 2.75) is 19.8 Å². The molecule has 0 unspecified atom stereocenters. The summed E-state index contributed by atoms with van der Waals surface area (Å²) in [5.74, 6) is 0.853. The van der Waals surface area contributed by atoms with Crippen LogP contribution in [0.15, 0.2) is 18.2 Å². The van der Waals surface area contributed by atoms with Crippen LogP contribution >= 0.6 is 11.6 Å². The van der Waals surface area contributed by atoms with Crippen molar-refractivity contribution in [3.8, 4) is 0 Å². The van der Waals surface area contributed by atoms with Crippen LogP contribution in [0.5, 0.6) is 0 Å². The van der Waals surface area contributed by atoms with Gasteiger partial charge in [-0.25, -0.2) is 0 Å². The monoisotopic (exact) mass is 238 g/mol. The van der Waals surface area contributed by atoms with Crippen LogP contribution in [0.3, 0.4) is 0 Å². The normalized spacial score (nSPS) is 17.6. The van der Waals surface area contributed by atoms with Gasteiger partial charge in [0.1, 0.15) is 0 Å². The number of anilines is 2. The van der Waals surface area contributed by atoms with Crippen LogP contribution in [-0.4, -0.2) is 20.1 Å². The molecule has 1 N–H and O–H groups in total. The number of benzene rings is 1. The van der Waals surface area contributed by atoms with Crippen LogP contribution in [0.1, 0.15) is 19.8 Å². The molecule has 1 heterocycles. The second kappa shape index (κ2) is 4.96. The lowest BCUT2D eigenvalue weighted by Gasteiger charge is -2.32. The first kappa shape index (κ1) is 11.6. The SMILES string of the molecule is CNc1ccc(N2CCC(C)CC2)c(Cl)c1. The minimum Gasteiger partial charge on any atom is -0.388 e. The predicted molar refractivity (Wildman–Crippen MR) is 71.6 cm³/mol. The van der Waals surface area contributed by atoms with Gasteiger partial charge in [0.15, 0.2) is 0 Å². The molecule has 1 aromatic carbocycles. The van der Waals surface area contributed by atoms with Crippen LogP contribution in [0, 0.1) is 5.92 Å². The van der Waals surface area contributed by atoms with Gasteiger partial charge in [-0.15, -0.1) is 0 Å². The van der Waals surface area contributed by atoms with Crippen LogP contribution < -0.4 is 10.2 Å². The molecule has 0 atom stereocenters. The van der Waals surface area contributed by atoms with E-state index in [0.29, 0.717) is 0 Å². The van der Waals surface area contributed by atoms with Crippen molar-refractivity contribution in [1.29, 1.82) is 0 Å². The molecule has 0 spiro atoms. The fourth-order valence-electron chi connectivity index (χ4n) is 2.17. The van der Waals surface area contributed by atoms with Crippen LogP contribution in [0.2, 0.25) is 5.02 Å². The Kier molecular flexibility index (Phi) is 3.59. The first-order valence-corrected chi connectivity index (χ1v) is 6.30. The maximum atomic E-state index is 6.30. The van der Waals surface area contributed by atoms with E-state index in [1.807, 2.05) is 13.1 Å². The number of nitrogens with zero attached hydrogens (tertiary/aromatic N) is 1. The number of piperidine rings is 1. The van der Waals surface area contributed by atoms with Crippen molar-refractivity contribution in [3.63, 3.8) is 0 Å². The molecular formula is C13H19ClN2. The van der Waals surface area contributed by atoms with Gasteiger partial charge in [0.2, 0.25) is 0 Å². The molecule has 1 aliphatic rings. The first-order valence-electron chi connectivity index (χ1n) is 5.93. The Hall–Kier alpha value is -0.890. The third-order valence-corrected chi connectivity index (χ3v) is 3.66. The second-order valence-corrected chi connectivity index (χ2v) is 4.99. The number of halogens is 1. The van der Waals surface area contributed by atoms with Crippen molar-refractivity contribution in [2.24, 2.45) is 5.92 Å². The van der Waals surface area contributed by atoms with E-state index in [-0.39, 0.29) is 0 Å². The molecule has 0 saturated carbocycles. The lowest BCUT2D eigenvalue weighted by molar-refractivity contribution is 0.438. The average molecular weight is 239 g/mol. The topological polar surface area (TPSA) is 15.3 Å². The van der Waals surface area contributed by atoms with Crippen LogP contribution in [0.4, 0.5) is 11.4 Å². The third kappa shape index (κ3) is 2.43.